The number of benzene rings is 2. The van der Waals surface area contributed by atoms with Gasteiger partial charge in [-0.3, -0.25) is 9.36 Å². The summed E-state index contributed by atoms with van der Waals surface area (Å²) in [5, 5.41) is 0.586. The Morgan fingerprint density at radius 1 is 1.04 bits per heavy atom. The van der Waals surface area contributed by atoms with Gasteiger partial charge in [0, 0.05) is 6.54 Å². The Morgan fingerprint density at radius 3 is 2.61 bits per heavy atom. The van der Waals surface area contributed by atoms with Gasteiger partial charge in [-0.1, -0.05) is 25.5 Å². The highest BCUT2D eigenvalue weighted by atomic mass is 16.5. The summed E-state index contributed by atoms with van der Waals surface area (Å²) in [6.07, 6.45) is 4.14. The molecule has 0 fully saturated rings. The third-order valence-corrected chi connectivity index (χ3v) is 4.36. The van der Waals surface area contributed by atoms with E-state index in [0.717, 1.165) is 18.6 Å². The first-order valence-electron chi connectivity index (χ1n) is 9.53. The molecule has 0 radical (unpaired) electrons. The van der Waals surface area contributed by atoms with Crippen LogP contribution in [0.1, 0.15) is 36.5 Å². The molecule has 0 N–H and O–H groups in total. The number of hydrogen-bond acceptors (Lipinski definition) is 5. The van der Waals surface area contributed by atoms with Crippen LogP contribution in [0.2, 0.25) is 0 Å². The van der Waals surface area contributed by atoms with Crippen molar-refractivity contribution < 1.29 is 14.3 Å². The number of rotatable bonds is 9. The number of aromatic nitrogens is 2. The van der Waals surface area contributed by atoms with Crippen molar-refractivity contribution in [3.63, 3.8) is 0 Å². The minimum atomic E-state index is -0.385. The number of hydrogen-bond donors (Lipinski definition) is 0. The molecule has 0 spiro atoms. The van der Waals surface area contributed by atoms with Crippen LogP contribution >= 0.6 is 0 Å². The molecule has 0 bridgehead atoms. The molecule has 28 heavy (non-hydrogen) atoms. The van der Waals surface area contributed by atoms with E-state index in [1.165, 1.54) is 6.33 Å². The molecule has 3 rings (SSSR count). The van der Waals surface area contributed by atoms with E-state index in [2.05, 4.69) is 11.9 Å². The summed E-state index contributed by atoms with van der Waals surface area (Å²) in [6, 6.07) is 14.2. The van der Waals surface area contributed by atoms with E-state index in [4.69, 9.17) is 9.47 Å². The molecule has 0 unspecified atom stereocenters. The molecular formula is C22H24N2O4. The largest absolute Gasteiger partial charge is 0.494 e. The first-order chi connectivity index (χ1) is 13.7. The first-order valence-corrected chi connectivity index (χ1v) is 9.53. The third kappa shape index (κ3) is 4.97. The zero-order chi connectivity index (χ0) is 19.8. The second kappa shape index (κ2) is 9.69. The normalized spacial score (nSPS) is 10.8. The van der Waals surface area contributed by atoms with Gasteiger partial charge in [-0.25, -0.2) is 9.78 Å². The molecule has 146 valence electrons. The van der Waals surface area contributed by atoms with Crippen molar-refractivity contribution in [2.24, 2.45) is 0 Å². The van der Waals surface area contributed by atoms with Crippen LogP contribution in [0.15, 0.2) is 59.7 Å². The lowest BCUT2D eigenvalue weighted by atomic mass is 10.2. The highest BCUT2D eigenvalue weighted by Gasteiger charge is 2.08. The minimum absolute atomic E-state index is 0.0874. The van der Waals surface area contributed by atoms with Crippen molar-refractivity contribution in [3.05, 3.63) is 70.8 Å². The molecule has 0 aliphatic rings. The van der Waals surface area contributed by atoms with Gasteiger partial charge in [0.1, 0.15) is 5.75 Å². The molecule has 0 saturated heterocycles. The Hall–Kier alpha value is -3.15. The van der Waals surface area contributed by atoms with Gasteiger partial charge in [0.2, 0.25) is 0 Å². The monoisotopic (exact) mass is 380 g/mol. The van der Waals surface area contributed by atoms with Gasteiger partial charge < -0.3 is 9.47 Å². The van der Waals surface area contributed by atoms with Gasteiger partial charge in [0.15, 0.2) is 0 Å². The fourth-order valence-corrected chi connectivity index (χ4v) is 2.77. The standard InChI is InChI=1S/C22H24N2O4/c1-2-3-14-27-18-11-9-17(10-12-18)22(26)28-15-6-13-24-16-23-20-8-5-4-7-19(20)21(24)25/h4-5,7-12,16H,2-3,6,13-15H2,1H3. The fourth-order valence-electron chi connectivity index (χ4n) is 2.77. The maximum Gasteiger partial charge on any atom is 0.338 e. The van der Waals surface area contributed by atoms with Crippen molar-refractivity contribution in [3.8, 4) is 5.75 Å². The molecule has 0 saturated carbocycles. The summed E-state index contributed by atoms with van der Waals surface area (Å²) in [4.78, 5) is 28.8. The summed E-state index contributed by atoms with van der Waals surface area (Å²) in [5.74, 6) is 0.359. The zero-order valence-electron chi connectivity index (χ0n) is 16.0. The number of carbonyl (C=O) groups is 1. The third-order valence-electron chi connectivity index (χ3n) is 4.36. The van der Waals surface area contributed by atoms with Gasteiger partial charge in [-0.2, -0.15) is 0 Å². The van der Waals surface area contributed by atoms with E-state index in [1.54, 1.807) is 34.9 Å². The Labute approximate surface area is 163 Å². The van der Waals surface area contributed by atoms with Crippen molar-refractivity contribution >= 4 is 16.9 Å². The number of aryl methyl sites for hydroxylation is 1. The first kappa shape index (κ1) is 19.6. The number of esters is 1. The molecule has 0 aliphatic heterocycles. The molecule has 6 nitrogen and oxygen atoms in total. The lowest BCUT2D eigenvalue weighted by Crippen LogP contribution is -2.21. The van der Waals surface area contributed by atoms with E-state index in [9.17, 15) is 9.59 Å². The summed E-state index contributed by atoms with van der Waals surface area (Å²) in [6.45, 7) is 3.44. The molecule has 1 aromatic heterocycles. The van der Waals surface area contributed by atoms with Crippen LogP contribution in [0.5, 0.6) is 5.75 Å². The van der Waals surface area contributed by atoms with E-state index in [1.807, 2.05) is 18.2 Å². The molecule has 0 aliphatic carbocycles. The van der Waals surface area contributed by atoms with Gasteiger partial charge in [-0.15, -0.1) is 0 Å². The van der Waals surface area contributed by atoms with Crippen molar-refractivity contribution in [2.45, 2.75) is 32.7 Å². The number of carbonyl (C=O) groups excluding carboxylic acids is 1. The van der Waals surface area contributed by atoms with Crippen LogP contribution in [-0.4, -0.2) is 28.7 Å². The molecule has 1 heterocycles. The van der Waals surface area contributed by atoms with Gasteiger partial charge in [0.05, 0.1) is 36.0 Å². The topological polar surface area (TPSA) is 70.4 Å². The molecule has 3 aromatic rings. The quantitative estimate of drug-likeness (QED) is 0.417. The maximum atomic E-state index is 12.4. The summed E-state index contributed by atoms with van der Waals surface area (Å²) < 4.78 is 12.4. The van der Waals surface area contributed by atoms with E-state index >= 15 is 0 Å². The van der Waals surface area contributed by atoms with Crippen LogP contribution in [0.3, 0.4) is 0 Å². The Kier molecular flexibility index (Phi) is 6.78. The van der Waals surface area contributed by atoms with Crippen LogP contribution in [0.25, 0.3) is 10.9 Å². The lowest BCUT2D eigenvalue weighted by molar-refractivity contribution is 0.0495. The summed E-state index contributed by atoms with van der Waals surface area (Å²) >= 11 is 0. The predicted octanol–water partition coefficient (Wildman–Crippen LogP) is 3.82. The van der Waals surface area contributed by atoms with Crippen LogP contribution < -0.4 is 10.3 Å². The van der Waals surface area contributed by atoms with Crippen molar-refractivity contribution in [2.75, 3.05) is 13.2 Å². The Balaban J connectivity index is 1.48. The minimum Gasteiger partial charge on any atom is -0.494 e. The molecule has 0 amide bonds. The summed E-state index contributed by atoms with van der Waals surface area (Å²) in [5.41, 5.74) is 1.07. The van der Waals surface area contributed by atoms with Crippen molar-refractivity contribution in [1.29, 1.82) is 0 Å². The second-order valence-electron chi connectivity index (χ2n) is 6.48. The molecule has 2 aromatic carbocycles. The second-order valence-corrected chi connectivity index (χ2v) is 6.48. The number of ether oxygens (including phenoxy) is 2. The lowest BCUT2D eigenvalue weighted by Gasteiger charge is -2.08. The van der Waals surface area contributed by atoms with Crippen LogP contribution in [0, 0.1) is 0 Å². The van der Waals surface area contributed by atoms with Gasteiger partial charge in [-0.05, 0) is 49.2 Å². The van der Waals surface area contributed by atoms with Gasteiger partial charge >= 0.3 is 5.97 Å². The highest BCUT2D eigenvalue weighted by molar-refractivity contribution is 5.89. The molecule has 0 atom stereocenters. The Bertz CT molecular complexity index is 980. The van der Waals surface area contributed by atoms with E-state index in [0.29, 0.717) is 36.0 Å². The van der Waals surface area contributed by atoms with Crippen LogP contribution in [-0.2, 0) is 11.3 Å². The highest BCUT2D eigenvalue weighted by Crippen LogP contribution is 2.13. The van der Waals surface area contributed by atoms with E-state index in [-0.39, 0.29) is 18.1 Å². The SMILES string of the molecule is CCCCOc1ccc(C(=O)OCCCn2cnc3ccccc3c2=O)cc1. The summed E-state index contributed by atoms with van der Waals surface area (Å²) in [7, 11) is 0. The number of fused-ring (bicyclic) bond motifs is 1. The fraction of sp³-hybridized carbons (Fsp3) is 0.318. The average Bonchev–Trinajstić information content (AvgIpc) is 2.73. The Morgan fingerprint density at radius 2 is 1.82 bits per heavy atom. The number of unbranched alkanes of at least 4 members (excludes halogenated alkanes) is 1. The molecular weight excluding hydrogens is 356 g/mol. The van der Waals surface area contributed by atoms with Gasteiger partial charge in [0.25, 0.3) is 5.56 Å². The number of nitrogens with zero attached hydrogens (tertiary/aromatic N) is 2. The van der Waals surface area contributed by atoms with Crippen molar-refractivity contribution in [1.82, 2.24) is 9.55 Å². The molecule has 6 heteroatoms. The zero-order valence-corrected chi connectivity index (χ0v) is 16.0. The van der Waals surface area contributed by atoms with Crippen LogP contribution in [0.4, 0.5) is 0 Å². The average molecular weight is 380 g/mol. The predicted molar refractivity (Wildman–Crippen MR) is 108 cm³/mol. The maximum absolute atomic E-state index is 12.4. The number of para-hydroxylation sites is 1. The smallest absolute Gasteiger partial charge is 0.338 e. The van der Waals surface area contributed by atoms with E-state index < -0.39 is 0 Å².